The van der Waals surface area contributed by atoms with E-state index in [2.05, 4.69) is 4.99 Å². The zero-order chi connectivity index (χ0) is 17.1. The minimum atomic E-state index is -1.20. The molecule has 122 valence electrons. The summed E-state index contributed by atoms with van der Waals surface area (Å²) in [6.45, 7) is 1.76. The number of carbonyl (C=O) groups is 2. The van der Waals surface area contributed by atoms with Gasteiger partial charge in [0.1, 0.15) is 12.3 Å². The lowest BCUT2D eigenvalue weighted by atomic mass is 9.98. The summed E-state index contributed by atoms with van der Waals surface area (Å²) in [5.41, 5.74) is 4.27. The number of amides is 1. The Hall–Kier alpha value is -2.95. The summed E-state index contributed by atoms with van der Waals surface area (Å²) in [5.74, 6) is -1.27. The average molecular weight is 323 g/mol. The quantitative estimate of drug-likeness (QED) is 0.867. The van der Waals surface area contributed by atoms with Crippen LogP contribution in [0, 0.1) is 0 Å². The smallest absolute Gasteiger partial charge is 0.434 e. The van der Waals surface area contributed by atoms with Gasteiger partial charge in [0.2, 0.25) is 0 Å². The van der Waals surface area contributed by atoms with Crippen LogP contribution in [-0.4, -0.2) is 29.5 Å². The Labute approximate surface area is 139 Å². The summed E-state index contributed by atoms with van der Waals surface area (Å²) < 4.78 is 5.23. The predicted molar refractivity (Wildman–Crippen MR) is 90.4 cm³/mol. The summed E-state index contributed by atoms with van der Waals surface area (Å²) in [4.78, 5) is 26.3. The zero-order valence-electron chi connectivity index (χ0n) is 13.2. The minimum absolute atomic E-state index is 0.0635. The number of carboxylic acid groups (broad SMARTS) is 1. The van der Waals surface area contributed by atoms with Crippen molar-refractivity contribution in [3.63, 3.8) is 0 Å². The van der Waals surface area contributed by atoms with Gasteiger partial charge in [-0.15, -0.1) is 0 Å². The van der Waals surface area contributed by atoms with Gasteiger partial charge < -0.3 is 9.84 Å². The van der Waals surface area contributed by atoms with Crippen molar-refractivity contribution in [3.05, 3.63) is 59.7 Å². The van der Waals surface area contributed by atoms with E-state index in [1.807, 2.05) is 48.5 Å². The molecule has 2 aromatic carbocycles. The molecule has 24 heavy (non-hydrogen) atoms. The van der Waals surface area contributed by atoms with Crippen LogP contribution in [0.3, 0.4) is 0 Å². The molecule has 5 nitrogen and oxygen atoms in total. The van der Waals surface area contributed by atoms with Gasteiger partial charge in [-0.2, -0.15) is 4.99 Å². The molecule has 0 aliphatic heterocycles. The first-order chi connectivity index (χ1) is 11.6. The number of hydrogen-bond donors (Lipinski definition) is 1. The Bertz CT molecular complexity index is 780. The fourth-order valence-electron chi connectivity index (χ4n) is 3.01. The molecule has 0 spiro atoms. The van der Waals surface area contributed by atoms with E-state index in [0.717, 1.165) is 22.3 Å². The molecule has 2 aromatic rings. The van der Waals surface area contributed by atoms with E-state index in [9.17, 15) is 9.59 Å². The Balaban J connectivity index is 1.81. The summed E-state index contributed by atoms with van der Waals surface area (Å²) in [7, 11) is 0. The predicted octanol–water partition coefficient (Wildman–Crippen LogP) is 3.87. The number of aliphatic imine (C=N–C) groups is 1. The Morgan fingerprint density at radius 1 is 1.04 bits per heavy atom. The minimum Gasteiger partial charge on any atom is -0.477 e. The van der Waals surface area contributed by atoms with E-state index in [1.54, 1.807) is 6.92 Å². The fourth-order valence-corrected chi connectivity index (χ4v) is 3.01. The highest BCUT2D eigenvalue weighted by molar-refractivity contribution is 6.36. The second-order valence-electron chi connectivity index (χ2n) is 5.52. The molecular formula is C19H17NO4. The molecule has 5 heteroatoms. The SMILES string of the molecule is CC/C(=N\C(=O)OCC1c2ccccc2-c2ccccc21)C(=O)O. The highest BCUT2D eigenvalue weighted by Crippen LogP contribution is 2.44. The maximum absolute atomic E-state index is 11.8. The lowest BCUT2D eigenvalue weighted by molar-refractivity contribution is -0.129. The van der Waals surface area contributed by atoms with Gasteiger partial charge in [-0.25, -0.2) is 9.59 Å². The first kappa shape index (κ1) is 15.9. The molecule has 0 unspecified atom stereocenters. The third kappa shape index (κ3) is 2.93. The van der Waals surface area contributed by atoms with Crippen LogP contribution in [0.5, 0.6) is 0 Å². The standard InChI is InChI=1S/C19H17NO4/c1-2-17(18(21)22)20-19(23)24-11-16-14-9-5-3-7-12(14)13-8-4-6-10-15(13)16/h3-10,16H,2,11H2,1H3,(H,21,22)/b20-17+. The van der Waals surface area contributed by atoms with Crippen molar-refractivity contribution in [1.29, 1.82) is 0 Å². The van der Waals surface area contributed by atoms with E-state index < -0.39 is 12.1 Å². The number of aliphatic carboxylic acids is 1. The summed E-state index contributed by atoms with van der Waals surface area (Å²) in [5, 5.41) is 8.92. The van der Waals surface area contributed by atoms with Gasteiger partial charge in [0, 0.05) is 5.92 Å². The van der Waals surface area contributed by atoms with Crippen molar-refractivity contribution in [2.75, 3.05) is 6.61 Å². The number of rotatable bonds is 4. The number of ether oxygens (including phenoxy) is 1. The Morgan fingerprint density at radius 3 is 2.08 bits per heavy atom. The van der Waals surface area contributed by atoms with Crippen LogP contribution in [0.1, 0.15) is 30.4 Å². The maximum Gasteiger partial charge on any atom is 0.434 e. The van der Waals surface area contributed by atoms with Gasteiger partial charge in [0.05, 0.1) is 0 Å². The molecule has 0 bridgehead atoms. The number of carboxylic acids is 1. The number of fused-ring (bicyclic) bond motifs is 3. The van der Waals surface area contributed by atoms with E-state index in [0.29, 0.717) is 0 Å². The number of hydrogen-bond acceptors (Lipinski definition) is 3. The van der Waals surface area contributed by atoms with Crippen LogP contribution in [-0.2, 0) is 9.53 Å². The molecule has 0 saturated carbocycles. The van der Waals surface area contributed by atoms with E-state index in [-0.39, 0.29) is 24.7 Å². The molecule has 0 fully saturated rings. The third-order valence-corrected chi connectivity index (χ3v) is 4.14. The Kier molecular flexibility index (Phi) is 4.42. The largest absolute Gasteiger partial charge is 0.477 e. The lowest BCUT2D eigenvalue weighted by Crippen LogP contribution is -2.16. The van der Waals surface area contributed by atoms with Crippen LogP contribution in [0.2, 0.25) is 0 Å². The van der Waals surface area contributed by atoms with Crippen LogP contribution < -0.4 is 0 Å². The van der Waals surface area contributed by atoms with Gasteiger partial charge in [0.25, 0.3) is 0 Å². The second kappa shape index (κ2) is 6.66. The molecule has 0 atom stereocenters. The van der Waals surface area contributed by atoms with Crippen molar-refractivity contribution in [3.8, 4) is 11.1 Å². The molecule has 3 rings (SSSR count). The van der Waals surface area contributed by atoms with Crippen molar-refractivity contribution in [2.45, 2.75) is 19.3 Å². The van der Waals surface area contributed by atoms with Gasteiger partial charge in [-0.05, 0) is 28.7 Å². The summed E-state index contributed by atoms with van der Waals surface area (Å²) in [6.07, 6.45) is -0.699. The fraction of sp³-hybridized carbons (Fsp3) is 0.211. The van der Waals surface area contributed by atoms with E-state index >= 15 is 0 Å². The molecule has 0 aromatic heterocycles. The van der Waals surface area contributed by atoms with Crippen LogP contribution in [0.15, 0.2) is 53.5 Å². The van der Waals surface area contributed by atoms with Crippen molar-refractivity contribution >= 4 is 17.8 Å². The lowest BCUT2D eigenvalue weighted by Gasteiger charge is -2.13. The van der Waals surface area contributed by atoms with Gasteiger partial charge in [-0.1, -0.05) is 55.5 Å². The Morgan fingerprint density at radius 2 is 1.58 bits per heavy atom. The molecular weight excluding hydrogens is 306 g/mol. The van der Waals surface area contributed by atoms with E-state index in [4.69, 9.17) is 9.84 Å². The highest BCUT2D eigenvalue weighted by Gasteiger charge is 2.29. The van der Waals surface area contributed by atoms with Gasteiger partial charge in [0.15, 0.2) is 0 Å². The first-order valence-electron chi connectivity index (χ1n) is 7.77. The van der Waals surface area contributed by atoms with Crippen LogP contribution in [0.25, 0.3) is 11.1 Å². The zero-order valence-corrected chi connectivity index (χ0v) is 13.2. The second-order valence-corrected chi connectivity index (χ2v) is 5.52. The third-order valence-electron chi connectivity index (χ3n) is 4.14. The molecule has 0 radical (unpaired) electrons. The molecule has 1 N–H and O–H groups in total. The molecule has 1 aliphatic rings. The van der Waals surface area contributed by atoms with E-state index in [1.165, 1.54) is 0 Å². The molecule has 1 aliphatic carbocycles. The first-order valence-corrected chi connectivity index (χ1v) is 7.77. The average Bonchev–Trinajstić information content (AvgIpc) is 2.91. The van der Waals surface area contributed by atoms with Crippen molar-refractivity contribution in [1.82, 2.24) is 0 Å². The molecule has 0 saturated heterocycles. The van der Waals surface area contributed by atoms with Gasteiger partial charge >= 0.3 is 12.1 Å². The summed E-state index contributed by atoms with van der Waals surface area (Å²) in [6, 6.07) is 16.0. The molecule has 0 heterocycles. The maximum atomic E-state index is 11.8. The van der Waals surface area contributed by atoms with Crippen LogP contribution >= 0.6 is 0 Å². The topological polar surface area (TPSA) is 76.0 Å². The van der Waals surface area contributed by atoms with Crippen molar-refractivity contribution < 1.29 is 19.4 Å². The highest BCUT2D eigenvalue weighted by atomic mass is 16.5. The monoisotopic (exact) mass is 323 g/mol. The normalized spacial score (nSPS) is 13.3. The number of carbonyl (C=O) groups excluding carboxylic acids is 1. The van der Waals surface area contributed by atoms with Crippen molar-refractivity contribution in [2.24, 2.45) is 4.99 Å². The summed E-state index contributed by atoms with van der Waals surface area (Å²) >= 11 is 0. The van der Waals surface area contributed by atoms with Gasteiger partial charge in [-0.3, -0.25) is 0 Å². The molecule has 1 amide bonds. The number of nitrogens with zero attached hydrogens (tertiary/aromatic N) is 1. The number of benzene rings is 2. The van der Waals surface area contributed by atoms with Crippen LogP contribution in [0.4, 0.5) is 4.79 Å².